The van der Waals surface area contributed by atoms with Crippen LogP contribution in [0.5, 0.6) is 0 Å². The zero-order chi connectivity index (χ0) is 14.4. The van der Waals surface area contributed by atoms with Crippen molar-refractivity contribution in [3.05, 3.63) is 0 Å². The first-order valence-corrected chi connectivity index (χ1v) is 7.34. The summed E-state index contributed by atoms with van der Waals surface area (Å²) in [6.07, 6.45) is 0.628. The van der Waals surface area contributed by atoms with Crippen LogP contribution in [0.1, 0.15) is 27.2 Å². The highest BCUT2D eigenvalue weighted by atomic mass is 16.4. The van der Waals surface area contributed by atoms with Crippen molar-refractivity contribution >= 4 is 5.97 Å². The van der Waals surface area contributed by atoms with E-state index in [9.17, 15) is 4.79 Å². The molecule has 0 bridgehead atoms. The Balaban J connectivity index is 2.51. The summed E-state index contributed by atoms with van der Waals surface area (Å²) in [5.41, 5.74) is 0. The van der Waals surface area contributed by atoms with Crippen LogP contribution < -0.4 is 5.32 Å². The van der Waals surface area contributed by atoms with Gasteiger partial charge in [0, 0.05) is 38.8 Å². The molecular weight excluding hydrogens is 242 g/mol. The lowest BCUT2D eigenvalue weighted by molar-refractivity contribution is -0.139. The molecule has 1 aliphatic rings. The summed E-state index contributed by atoms with van der Waals surface area (Å²) in [5.74, 6) is -0.217. The van der Waals surface area contributed by atoms with Gasteiger partial charge in [0.25, 0.3) is 0 Å². The summed E-state index contributed by atoms with van der Waals surface area (Å²) in [7, 11) is 2.15. The van der Waals surface area contributed by atoms with Gasteiger partial charge in [0.1, 0.15) is 6.04 Å². The van der Waals surface area contributed by atoms with Crippen LogP contribution in [-0.4, -0.2) is 72.7 Å². The Bertz CT molecular complexity index is 276. The Morgan fingerprint density at radius 1 is 1.26 bits per heavy atom. The van der Waals surface area contributed by atoms with Gasteiger partial charge in [-0.1, -0.05) is 20.8 Å². The fraction of sp³-hybridized carbons (Fsp3) is 0.929. The van der Waals surface area contributed by atoms with Crippen molar-refractivity contribution < 1.29 is 9.90 Å². The Morgan fingerprint density at radius 2 is 1.84 bits per heavy atom. The van der Waals surface area contributed by atoms with E-state index in [0.717, 1.165) is 32.7 Å². The van der Waals surface area contributed by atoms with Crippen LogP contribution in [0.4, 0.5) is 0 Å². The van der Waals surface area contributed by atoms with Crippen molar-refractivity contribution in [3.63, 3.8) is 0 Å². The summed E-state index contributed by atoms with van der Waals surface area (Å²) in [4.78, 5) is 15.9. The monoisotopic (exact) mass is 271 g/mol. The topological polar surface area (TPSA) is 55.8 Å². The molecule has 1 heterocycles. The highest BCUT2D eigenvalue weighted by molar-refractivity contribution is 5.73. The largest absolute Gasteiger partial charge is 0.480 e. The van der Waals surface area contributed by atoms with Crippen LogP contribution in [0.2, 0.25) is 0 Å². The van der Waals surface area contributed by atoms with Crippen LogP contribution in [0.3, 0.4) is 0 Å². The molecule has 5 nitrogen and oxygen atoms in total. The SMILES string of the molecule is CCC(NCC(C(C)C)N1CCN(C)CC1)C(=O)O. The number of aliphatic carboxylic acids is 1. The van der Waals surface area contributed by atoms with E-state index in [-0.39, 0.29) is 0 Å². The number of rotatable bonds is 7. The number of hydrogen-bond donors (Lipinski definition) is 2. The smallest absolute Gasteiger partial charge is 0.320 e. The fourth-order valence-electron chi connectivity index (χ4n) is 2.61. The zero-order valence-electron chi connectivity index (χ0n) is 12.7. The zero-order valence-corrected chi connectivity index (χ0v) is 12.7. The Hall–Kier alpha value is -0.650. The highest BCUT2D eigenvalue weighted by Crippen LogP contribution is 2.13. The average molecular weight is 271 g/mol. The van der Waals surface area contributed by atoms with Gasteiger partial charge in [0.15, 0.2) is 0 Å². The minimum atomic E-state index is -0.747. The first kappa shape index (κ1) is 16.4. The molecule has 1 saturated heterocycles. The van der Waals surface area contributed by atoms with E-state index < -0.39 is 12.0 Å². The van der Waals surface area contributed by atoms with E-state index in [0.29, 0.717) is 18.4 Å². The van der Waals surface area contributed by atoms with Crippen LogP contribution in [0.15, 0.2) is 0 Å². The van der Waals surface area contributed by atoms with E-state index in [2.05, 4.69) is 36.0 Å². The molecule has 19 heavy (non-hydrogen) atoms. The average Bonchev–Trinajstić information content (AvgIpc) is 2.35. The molecule has 2 atom stereocenters. The number of nitrogens with one attached hydrogen (secondary N) is 1. The second-order valence-corrected chi connectivity index (χ2v) is 5.86. The van der Waals surface area contributed by atoms with Gasteiger partial charge in [-0.05, 0) is 19.4 Å². The van der Waals surface area contributed by atoms with Gasteiger partial charge in [0.05, 0.1) is 0 Å². The molecule has 0 aromatic rings. The molecule has 0 aromatic carbocycles. The van der Waals surface area contributed by atoms with Crippen molar-refractivity contribution in [3.8, 4) is 0 Å². The van der Waals surface area contributed by atoms with E-state index in [4.69, 9.17) is 5.11 Å². The van der Waals surface area contributed by atoms with Crippen molar-refractivity contribution in [2.45, 2.75) is 39.3 Å². The van der Waals surface area contributed by atoms with Crippen molar-refractivity contribution in [1.82, 2.24) is 15.1 Å². The van der Waals surface area contributed by atoms with Crippen LogP contribution in [0, 0.1) is 5.92 Å². The van der Waals surface area contributed by atoms with Crippen LogP contribution in [0.25, 0.3) is 0 Å². The van der Waals surface area contributed by atoms with Gasteiger partial charge in [-0.15, -0.1) is 0 Å². The molecule has 2 unspecified atom stereocenters. The second kappa shape index (κ2) is 7.82. The molecule has 1 fully saturated rings. The fourth-order valence-corrected chi connectivity index (χ4v) is 2.61. The number of nitrogens with zero attached hydrogens (tertiary/aromatic N) is 2. The molecular formula is C14H29N3O2. The van der Waals surface area contributed by atoms with Crippen LogP contribution >= 0.6 is 0 Å². The quantitative estimate of drug-likeness (QED) is 0.714. The molecule has 0 saturated carbocycles. The number of carboxylic acids is 1. The molecule has 0 aliphatic carbocycles. The summed E-state index contributed by atoms with van der Waals surface area (Å²) < 4.78 is 0. The molecule has 1 rings (SSSR count). The van der Waals surface area contributed by atoms with E-state index >= 15 is 0 Å². The van der Waals surface area contributed by atoms with Gasteiger partial charge < -0.3 is 15.3 Å². The first-order chi connectivity index (χ1) is 8.95. The lowest BCUT2D eigenvalue weighted by atomic mass is 10.0. The third-order valence-corrected chi connectivity index (χ3v) is 4.06. The second-order valence-electron chi connectivity index (χ2n) is 5.86. The molecule has 0 spiro atoms. The lowest BCUT2D eigenvalue weighted by Gasteiger charge is -2.40. The highest BCUT2D eigenvalue weighted by Gasteiger charge is 2.26. The third-order valence-electron chi connectivity index (χ3n) is 4.06. The van der Waals surface area contributed by atoms with Gasteiger partial charge in [-0.2, -0.15) is 0 Å². The number of likely N-dealkylation sites (N-methyl/N-ethyl adjacent to an activating group) is 1. The predicted molar refractivity (Wildman–Crippen MR) is 77.4 cm³/mol. The van der Waals surface area contributed by atoms with E-state index in [1.54, 1.807) is 0 Å². The molecule has 112 valence electrons. The number of carboxylic acid groups (broad SMARTS) is 1. The summed E-state index contributed by atoms with van der Waals surface area (Å²) in [6.45, 7) is 11.4. The standard InChI is InChI=1S/C14H29N3O2/c1-5-12(14(18)19)15-10-13(11(2)3)17-8-6-16(4)7-9-17/h11-13,15H,5-10H2,1-4H3,(H,18,19). The minimum Gasteiger partial charge on any atom is -0.480 e. The Labute approximate surface area is 117 Å². The molecule has 0 radical (unpaired) electrons. The summed E-state index contributed by atoms with van der Waals surface area (Å²) in [5, 5.41) is 12.3. The first-order valence-electron chi connectivity index (χ1n) is 7.34. The molecule has 2 N–H and O–H groups in total. The van der Waals surface area contributed by atoms with Gasteiger partial charge in [-0.3, -0.25) is 9.69 Å². The number of hydrogen-bond acceptors (Lipinski definition) is 4. The Morgan fingerprint density at radius 3 is 2.26 bits per heavy atom. The maximum Gasteiger partial charge on any atom is 0.320 e. The van der Waals surface area contributed by atoms with Crippen molar-refractivity contribution in [1.29, 1.82) is 0 Å². The van der Waals surface area contributed by atoms with Crippen molar-refractivity contribution in [2.75, 3.05) is 39.8 Å². The number of carbonyl (C=O) groups is 1. The Kier molecular flexibility index (Phi) is 6.75. The maximum absolute atomic E-state index is 11.0. The molecule has 5 heteroatoms. The lowest BCUT2D eigenvalue weighted by Crippen LogP contribution is -2.55. The maximum atomic E-state index is 11.0. The van der Waals surface area contributed by atoms with E-state index in [1.807, 2.05) is 6.92 Å². The summed E-state index contributed by atoms with van der Waals surface area (Å²) in [6, 6.07) is -0.00388. The normalized spacial score (nSPS) is 21.5. The predicted octanol–water partition coefficient (Wildman–Crippen LogP) is 0.711. The van der Waals surface area contributed by atoms with E-state index in [1.165, 1.54) is 0 Å². The number of piperazine rings is 1. The van der Waals surface area contributed by atoms with Gasteiger partial charge in [0.2, 0.25) is 0 Å². The third kappa shape index (κ3) is 5.09. The van der Waals surface area contributed by atoms with Gasteiger partial charge >= 0.3 is 5.97 Å². The molecule has 0 amide bonds. The minimum absolute atomic E-state index is 0.419. The van der Waals surface area contributed by atoms with Gasteiger partial charge in [-0.25, -0.2) is 0 Å². The molecule has 1 aliphatic heterocycles. The molecule has 0 aromatic heterocycles. The van der Waals surface area contributed by atoms with Crippen LogP contribution in [-0.2, 0) is 4.79 Å². The summed E-state index contributed by atoms with van der Waals surface area (Å²) >= 11 is 0. The van der Waals surface area contributed by atoms with Crippen molar-refractivity contribution in [2.24, 2.45) is 5.92 Å².